The Hall–Kier alpha value is -0.0800. The zero-order valence-electron chi connectivity index (χ0n) is 12.6. The summed E-state index contributed by atoms with van der Waals surface area (Å²) < 4.78 is 6.11. The molecule has 0 aromatic heterocycles. The van der Waals surface area contributed by atoms with Crippen LogP contribution in [0.15, 0.2) is 0 Å². The highest BCUT2D eigenvalue weighted by Crippen LogP contribution is 2.37. The van der Waals surface area contributed by atoms with Crippen LogP contribution in [0.4, 0.5) is 0 Å². The van der Waals surface area contributed by atoms with Gasteiger partial charge in [0.2, 0.25) is 0 Å². The third kappa shape index (κ3) is 4.59. The lowest BCUT2D eigenvalue weighted by Gasteiger charge is -2.30. The van der Waals surface area contributed by atoms with E-state index >= 15 is 0 Å². The van der Waals surface area contributed by atoms with Crippen LogP contribution >= 0.6 is 0 Å². The largest absolute Gasteiger partial charge is 0.368 e. The minimum atomic E-state index is -0.0392. The van der Waals surface area contributed by atoms with E-state index in [1.165, 1.54) is 25.7 Å². The average Bonchev–Trinajstić information content (AvgIpc) is 2.34. The van der Waals surface area contributed by atoms with Gasteiger partial charge in [-0.2, -0.15) is 0 Å². The Morgan fingerprint density at radius 1 is 1.24 bits per heavy atom. The first-order valence-electron chi connectivity index (χ1n) is 7.23. The molecule has 1 N–H and O–H groups in total. The van der Waals surface area contributed by atoms with Gasteiger partial charge < -0.3 is 10.1 Å². The predicted octanol–water partition coefficient (Wildman–Crippen LogP) is 3.89. The molecule has 0 aromatic carbocycles. The van der Waals surface area contributed by atoms with E-state index in [1.807, 2.05) is 0 Å². The van der Waals surface area contributed by atoms with Crippen molar-refractivity contribution >= 4 is 0 Å². The summed E-state index contributed by atoms with van der Waals surface area (Å²) in [5, 5.41) is 3.76. The molecule has 0 bridgehead atoms. The smallest absolute Gasteiger partial charge is 0.0787 e. The molecule has 1 aliphatic rings. The number of hydrogen-bond donors (Lipinski definition) is 1. The molecular formula is C15H31NO. The number of ether oxygens (including phenoxy) is 1. The first-order valence-corrected chi connectivity index (χ1v) is 7.23. The Morgan fingerprint density at radius 2 is 1.88 bits per heavy atom. The third-order valence-corrected chi connectivity index (χ3v) is 3.80. The maximum absolute atomic E-state index is 6.11. The zero-order chi connectivity index (χ0) is 13.1. The zero-order valence-corrected chi connectivity index (χ0v) is 12.6. The maximum atomic E-state index is 6.11. The molecule has 1 saturated heterocycles. The minimum absolute atomic E-state index is 0.0182. The average molecular weight is 241 g/mol. The minimum Gasteiger partial charge on any atom is -0.368 e. The van der Waals surface area contributed by atoms with Crippen molar-refractivity contribution in [2.45, 2.75) is 96.9 Å². The van der Waals surface area contributed by atoms with Crippen LogP contribution in [0.3, 0.4) is 0 Å². The lowest BCUT2D eigenvalue weighted by Crippen LogP contribution is -2.47. The Morgan fingerprint density at radius 3 is 2.35 bits per heavy atom. The van der Waals surface area contributed by atoms with Gasteiger partial charge in [0.1, 0.15) is 0 Å². The Labute approximate surface area is 108 Å². The van der Waals surface area contributed by atoms with Crippen LogP contribution in [0, 0.1) is 0 Å². The van der Waals surface area contributed by atoms with E-state index in [2.05, 4.69) is 46.9 Å². The summed E-state index contributed by atoms with van der Waals surface area (Å²) in [5.41, 5.74) is -0.0210. The maximum Gasteiger partial charge on any atom is 0.0787 e. The molecule has 2 nitrogen and oxygen atoms in total. The van der Waals surface area contributed by atoms with Crippen molar-refractivity contribution in [1.82, 2.24) is 5.32 Å². The van der Waals surface area contributed by atoms with Gasteiger partial charge in [-0.15, -0.1) is 0 Å². The molecule has 2 unspecified atom stereocenters. The number of rotatable bonds is 6. The van der Waals surface area contributed by atoms with Gasteiger partial charge in [0.05, 0.1) is 11.2 Å². The van der Waals surface area contributed by atoms with Crippen LogP contribution in [-0.4, -0.2) is 23.3 Å². The Kier molecular flexibility index (Phi) is 5.03. The van der Waals surface area contributed by atoms with Gasteiger partial charge >= 0.3 is 0 Å². The molecule has 1 aliphatic heterocycles. The van der Waals surface area contributed by atoms with Crippen molar-refractivity contribution in [3.63, 3.8) is 0 Å². The molecule has 0 aliphatic carbocycles. The molecule has 0 aromatic rings. The monoisotopic (exact) mass is 241 g/mol. The van der Waals surface area contributed by atoms with Gasteiger partial charge in [-0.05, 0) is 47.5 Å². The lowest BCUT2D eigenvalue weighted by molar-refractivity contribution is -0.0704. The fourth-order valence-electron chi connectivity index (χ4n) is 2.95. The van der Waals surface area contributed by atoms with Crippen LogP contribution < -0.4 is 5.32 Å². The van der Waals surface area contributed by atoms with Gasteiger partial charge in [-0.25, -0.2) is 0 Å². The molecule has 0 radical (unpaired) electrons. The predicted molar refractivity (Wildman–Crippen MR) is 74.4 cm³/mol. The van der Waals surface area contributed by atoms with Crippen molar-refractivity contribution in [2.24, 2.45) is 0 Å². The topological polar surface area (TPSA) is 21.3 Å². The molecule has 2 atom stereocenters. The van der Waals surface area contributed by atoms with E-state index < -0.39 is 0 Å². The molecule has 102 valence electrons. The number of hydrogen-bond acceptors (Lipinski definition) is 2. The Bertz CT molecular complexity index is 235. The van der Waals surface area contributed by atoms with E-state index in [1.54, 1.807) is 0 Å². The van der Waals surface area contributed by atoms with Crippen molar-refractivity contribution < 1.29 is 4.74 Å². The van der Waals surface area contributed by atoms with Gasteiger partial charge in [-0.1, -0.05) is 26.2 Å². The molecule has 17 heavy (non-hydrogen) atoms. The van der Waals surface area contributed by atoms with Gasteiger partial charge in [0.25, 0.3) is 0 Å². The highest BCUT2D eigenvalue weighted by Gasteiger charge is 2.45. The second-order valence-corrected chi connectivity index (χ2v) is 6.79. The SMILES string of the molecule is CCCCCC(C)NC1CC(C)(C)OC1(C)C. The fourth-order valence-corrected chi connectivity index (χ4v) is 2.95. The normalized spacial score (nSPS) is 28.2. The summed E-state index contributed by atoms with van der Waals surface area (Å²) in [7, 11) is 0. The highest BCUT2D eigenvalue weighted by atomic mass is 16.5. The summed E-state index contributed by atoms with van der Waals surface area (Å²) in [6.07, 6.45) is 6.38. The molecule has 1 fully saturated rings. The summed E-state index contributed by atoms with van der Waals surface area (Å²) in [4.78, 5) is 0. The van der Waals surface area contributed by atoms with E-state index in [9.17, 15) is 0 Å². The molecule has 0 amide bonds. The van der Waals surface area contributed by atoms with Crippen LogP contribution in [0.1, 0.15) is 73.6 Å². The van der Waals surface area contributed by atoms with E-state index in [0.717, 1.165) is 6.42 Å². The van der Waals surface area contributed by atoms with Crippen LogP contribution in [0.2, 0.25) is 0 Å². The van der Waals surface area contributed by atoms with Gasteiger partial charge in [0, 0.05) is 12.1 Å². The summed E-state index contributed by atoms with van der Waals surface area (Å²) in [5.74, 6) is 0. The van der Waals surface area contributed by atoms with Gasteiger partial charge in [-0.3, -0.25) is 0 Å². The van der Waals surface area contributed by atoms with E-state index in [-0.39, 0.29) is 11.2 Å². The quantitative estimate of drug-likeness (QED) is 0.712. The molecule has 1 heterocycles. The first-order chi connectivity index (χ1) is 7.77. The second kappa shape index (κ2) is 5.71. The van der Waals surface area contributed by atoms with E-state index in [0.29, 0.717) is 12.1 Å². The van der Waals surface area contributed by atoms with Crippen LogP contribution in [0.5, 0.6) is 0 Å². The summed E-state index contributed by atoms with van der Waals surface area (Å²) in [6, 6.07) is 1.08. The molecule has 0 spiro atoms. The molecule has 2 heteroatoms. The number of nitrogens with one attached hydrogen (secondary N) is 1. The number of unbranched alkanes of at least 4 members (excludes halogenated alkanes) is 2. The van der Waals surface area contributed by atoms with E-state index in [4.69, 9.17) is 4.74 Å². The van der Waals surface area contributed by atoms with Crippen molar-refractivity contribution in [2.75, 3.05) is 0 Å². The van der Waals surface area contributed by atoms with Crippen molar-refractivity contribution in [3.05, 3.63) is 0 Å². The van der Waals surface area contributed by atoms with Crippen LogP contribution in [-0.2, 0) is 4.74 Å². The van der Waals surface area contributed by atoms with Crippen molar-refractivity contribution in [3.8, 4) is 0 Å². The van der Waals surface area contributed by atoms with Gasteiger partial charge in [0.15, 0.2) is 0 Å². The van der Waals surface area contributed by atoms with Crippen molar-refractivity contribution in [1.29, 1.82) is 0 Å². The summed E-state index contributed by atoms with van der Waals surface area (Å²) in [6.45, 7) is 13.4. The molecule has 0 saturated carbocycles. The fraction of sp³-hybridized carbons (Fsp3) is 1.00. The molecule has 1 rings (SSSR count). The Balaban J connectivity index is 2.40. The lowest BCUT2D eigenvalue weighted by atomic mass is 9.93. The second-order valence-electron chi connectivity index (χ2n) is 6.79. The first kappa shape index (κ1) is 15.0. The highest BCUT2D eigenvalue weighted by molar-refractivity contribution is 4.99. The standard InChI is InChI=1S/C15H31NO/c1-7-8-9-10-12(2)16-13-11-14(3,4)17-15(13,5)6/h12-13,16H,7-11H2,1-6H3. The van der Waals surface area contributed by atoms with Crippen LogP contribution in [0.25, 0.3) is 0 Å². The molecular weight excluding hydrogens is 210 g/mol. The summed E-state index contributed by atoms with van der Waals surface area (Å²) >= 11 is 0. The third-order valence-electron chi connectivity index (χ3n) is 3.80.